The molecule has 276 valence electrons. The van der Waals surface area contributed by atoms with Crippen molar-refractivity contribution in [2.75, 3.05) is 42.4 Å². The number of nitrogens with one attached hydrogen (secondary N) is 3. The summed E-state index contributed by atoms with van der Waals surface area (Å²) in [5, 5.41) is 6.79. The van der Waals surface area contributed by atoms with Crippen molar-refractivity contribution in [3.8, 4) is 22.3 Å². The van der Waals surface area contributed by atoms with Gasteiger partial charge in [-0.1, -0.05) is 84.9 Å². The molecule has 4 aromatic rings. The monoisotopic (exact) mass is 752 g/mol. The van der Waals surface area contributed by atoms with Gasteiger partial charge in [0.1, 0.15) is 0 Å². The van der Waals surface area contributed by atoms with Crippen molar-refractivity contribution in [2.45, 2.75) is 12.1 Å². The maximum Gasteiger partial charge on any atom is 0.338 e. The molecular formula is C38H42Cl2N4O8. The Hall–Kier alpha value is -5.56. The number of likely N-dealkylation sites (N-methyl/N-ethyl adjacent to an activating group) is 4. The van der Waals surface area contributed by atoms with E-state index in [1.807, 2.05) is 84.9 Å². The fraction of sp³-hybridized carbons (Fsp3) is 0.211. The van der Waals surface area contributed by atoms with Gasteiger partial charge < -0.3 is 25.0 Å². The molecule has 0 aliphatic rings. The highest BCUT2D eigenvalue weighted by Crippen LogP contribution is 2.21. The summed E-state index contributed by atoms with van der Waals surface area (Å²) in [5.41, 5.74) is 5.11. The molecule has 0 bridgehead atoms. The standard InChI is InChI=1S/C19H20N2O4.C13H9ClO.C6H12N2O3.ClH/c1-20-17(22)16(19(24)25-3)21(2)18(23)15-11-9-14(10-12-15)13-7-5-4-6-8-13;14-13(15)12-8-6-11(7-9-12)10-4-2-1-3-5-10;1-7-4(5(9)8-2)6(10)11-3;/h4-12,16H,1-3H3,(H,20,22);1-9H;4,7H,1-3H3,(H,8,9);1H. The minimum Gasteiger partial charge on any atom is -0.467 e. The first-order valence-corrected chi connectivity index (χ1v) is 15.9. The van der Waals surface area contributed by atoms with Gasteiger partial charge in [0.15, 0.2) is 6.04 Å². The van der Waals surface area contributed by atoms with Gasteiger partial charge in [0.25, 0.3) is 17.1 Å². The molecule has 3 amide bonds. The third-order valence-electron chi connectivity index (χ3n) is 7.32. The highest BCUT2D eigenvalue weighted by atomic mass is 35.5. The van der Waals surface area contributed by atoms with E-state index in [4.69, 9.17) is 11.6 Å². The van der Waals surface area contributed by atoms with E-state index >= 15 is 0 Å². The van der Waals surface area contributed by atoms with E-state index < -0.39 is 47.0 Å². The molecule has 14 heteroatoms. The largest absolute Gasteiger partial charge is 0.467 e. The van der Waals surface area contributed by atoms with Crippen molar-refractivity contribution in [1.29, 1.82) is 0 Å². The number of ether oxygens (including phenoxy) is 2. The molecule has 3 N–H and O–H groups in total. The molecule has 52 heavy (non-hydrogen) atoms. The van der Waals surface area contributed by atoms with Crippen LogP contribution in [0.15, 0.2) is 109 Å². The minimum absolute atomic E-state index is 0. The van der Waals surface area contributed by atoms with Crippen LogP contribution in [0.3, 0.4) is 0 Å². The van der Waals surface area contributed by atoms with Gasteiger partial charge in [-0.25, -0.2) is 9.59 Å². The maximum absolute atomic E-state index is 12.6. The summed E-state index contributed by atoms with van der Waals surface area (Å²) >= 11 is 5.36. The number of esters is 2. The molecule has 2 unspecified atom stereocenters. The number of carbonyl (C=O) groups is 6. The summed E-state index contributed by atoms with van der Waals surface area (Å²) in [6, 6.07) is 31.7. The number of hydrogen-bond acceptors (Lipinski definition) is 9. The zero-order valence-electron chi connectivity index (χ0n) is 29.5. The zero-order valence-corrected chi connectivity index (χ0v) is 31.1. The van der Waals surface area contributed by atoms with Gasteiger partial charge in [-0.3, -0.25) is 24.5 Å². The molecule has 0 fully saturated rings. The van der Waals surface area contributed by atoms with Crippen LogP contribution >= 0.6 is 24.0 Å². The molecule has 4 aromatic carbocycles. The summed E-state index contributed by atoms with van der Waals surface area (Å²) in [7, 11) is 8.16. The van der Waals surface area contributed by atoms with Gasteiger partial charge >= 0.3 is 11.9 Å². The Bertz CT molecular complexity index is 1730. The quantitative estimate of drug-likeness (QED) is 0.122. The molecule has 0 saturated heterocycles. The molecule has 4 rings (SSSR count). The van der Waals surface area contributed by atoms with Crippen molar-refractivity contribution in [2.24, 2.45) is 0 Å². The van der Waals surface area contributed by atoms with Crippen LogP contribution in [0.25, 0.3) is 22.3 Å². The predicted molar refractivity (Wildman–Crippen MR) is 202 cm³/mol. The first-order valence-electron chi connectivity index (χ1n) is 15.5. The van der Waals surface area contributed by atoms with Crippen molar-refractivity contribution < 1.29 is 38.2 Å². The minimum atomic E-state index is -1.34. The van der Waals surface area contributed by atoms with Gasteiger partial charge in [-0.2, -0.15) is 0 Å². The number of amides is 3. The lowest BCUT2D eigenvalue weighted by atomic mass is 10.0. The average molecular weight is 754 g/mol. The van der Waals surface area contributed by atoms with Crippen molar-refractivity contribution in [1.82, 2.24) is 20.9 Å². The number of nitrogens with zero attached hydrogens (tertiary/aromatic N) is 1. The second kappa shape index (κ2) is 23.0. The topological polar surface area (TPSA) is 160 Å². The maximum atomic E-state index is 12.6. The summed E-state index contributed by atoms with van der Waals surface area (Å²) < 4.78 is 8.99. The normalized spacial score (nSPS) is 10.8. The Morgan fingerprint density at radius 1 is 0.577 bits per heavy atom. The molecule has 0 saturated carbocycles. The summed E-state index contributed by atoms with van der Waals surface area (Å²) in [4.78, 5) is 70.0. The SMILES string of the molecule is CNC(=O)C(C(=O)OC)N(C)C(=O)c1ccc(-c2ccccc2)cc1.CNC(=O)C(NC)C(=O)OC.Cl.O=C(Cl)c1ccc(-c2ccccc2)cc1. The Balaban J connectivity index is 0.000000426. The highest BCUT2D eigenvalue weighted by Gasteiger charge is 2.34. The highest BCUT2D eigenvalue weighted by molar-refractivity contribution is 6.67. The molecule has 0 aliphatic carbocycles. The van der Waals surface area contributed by atoms with Crippen LogP contribution in [-0.2, 0) is 28.7 Å². The van der Waals surface area contributed by atoms with Crippen LogP contribution in [0.2, 0.25) is 0 Å². The Labute approximate surface area is 314 Å². The zero-order chi connectivity index (χ0) is 37.9. The first-order chi connectivity index (χ1) is 24.4. The second-order valence-electron chi connectivity index (χ2n) is 10.5. The third kappa shape index (κ3) is 13.0. The van der Waals surface area contributed by atoms with Gasteiger partial charge in [0, 0.05) is 32.3 Å². The van der Waals surface area contributed by atoms with Crippen LogP contribution < -0.4 is 16.0 Å². The molecule has 0 aromatic heterocycles. The molecule has 0 aliphatic heterocycles. The van der Waals surface area contributed by atoms with Crippen LogP contribution in [0.4, 0.5) is 0 Å². The molecule has 0 spiro atoms. The van der Waals surface area contributed by atoms with Crippen LogP contribution in [0, 0.1) is 0 Å². The van der Waals surface area contributed by atoms with E-state index in [0.29, 0.717) is 11.1 Å². The van der Waals surface area contributed by atoms with E-state index in [9.17, 15) is 28.8 Å². The number of rotatable bonds is 10. The molecule has 0 radical (unpaired) electrons. The van der Waals surface area contributed by atoms with E-state index in [0.717, 1.165) is 27.2 Å². The van der Waals surface area contributed by atoms with Crippen molar-refractivity contribution >= 4 is 58.9 Å². The number of hydrogen-bond donors (Lipinski definition) is 3. The summed E-state index contributed by atoms with van der Waals surface area (Å²) in [5.74, 6) is -2.84. The average Bonchev–Trinajstić information content (AvgIpc) is 3.18. The van der Waals surface area contributed by atoms with Crippen molar-refractivity contribution in [3.63, 3.8) is 0 Å². The summed E-state index contributed by atoms with van der Waals surface area (Å²) in [6.45, 7) is 0. The lowest BCUT2D eigenvalue weighted by molar-refractivity contribution is -0.150. The Morgan fingerprint density at radius 2 is 0.962 bits per heavy atom. The van der Waals surface area contributed by atoms with Crippen LogP contribution in [0.5, 0.6) is 0 Å². The lowest BCUT2D eigenvalue weighted by Crippen LogP contribution is -2.51. The van der Waals surface area contributed by atoms with E-state index in [1.54, 1.807) is 24.3 Å². The molecule has 0 heterocycles. The fourth-order valence-corrected chi connectivity index (χ4v) is 4.61. The fourth-order valence-electron chi connectivity index (χ4n) is 4.49. The van der Waals surface area contributed by atoms with E-state index in [-0.39, 0.29) is 12.4 Å². The van der Waals surface area contributed by atoms with Crippen LogP contribution in [-0.4, -0.2) is 94.3 Å². The van der Waals surface area contributed by atoms with E-state index in [1.165, 1.54) is 42.4 Å². The predicted octanol–water partition coefficient (Wildman–Crippen LogP) is 4.36. The number of halogens is 2. The third-order valence-corrected chi connectivity index (χ3v) is 7.54. The number of carbonyl (C=O) groups excluding carboxylic acids is 6. The van der Waals surface area contributed by atoms with Gasteiger partial charge in [-0.15, -0.1) is 12.4 Å². The summed E-state index contributed by atoms with van der Waals surface area (Å²) in [6.07, 6.45) is 0. The number of methoxy groups -OCH3 is 2. The number of benzene rings is 4. The molecule has 12 nitrogen and oxygen atoms in total. The van der Waals surface area contributed by atoms with E-state index in [2.05, 4.69) is 25.4 Å². The van der Waals surface area contributed by atoms with Gasteiger partial charge in [0.05, 0.1) is 14.2 Å². The van der Waals surface area contributed by atoms with Crippen molar-refractivity contribution in [3.05, 3.63) is 120 Å². The lowest BCUT2D eigenvalue weighted by Gasteiger charge is -2.24. The van der Waals surface area contributed by atoms with Crippen LogP contribution in [0.1, 0.15) is 20.7 Å². The first kappa shape index (κ1) is 44.5. The second-order valence-corrected chi connectivity index (χ2v) is 10.8. The molecular weight excluding hydrogens is 711 g/mol. The smallest absolute Gasteiger partial charge is 0.338 e. The van der Waals surface area contributed by atoms with Gasteiger partial charge in [0.2, 0.25) is 11.9 Å². The molecule has 2 atom stereocenters. The Kier molecular flexibility index (Phi) is 19.7. The van der Waals surface area contributed by atoms with Gasteiger partial charge in [-0.05, 0) is 65.2 Å². The Morgan fingerprint density at radius 3 is 1.31 bits per heavy atom.